The molecule has 0 aromatic heterocycles. The van der Waals surface area contributed by atoms with Crippen LogP contribution in [0, 0.1) is 20.8 Å². The number of aliphatic carboxylic acids is 1. The van der Waals surface area contributed by atoms with E-state index < -0.39 is 19.2 Å². The third-order valence-corrected chi connectivity index (χ3v) is 11.0. The van der Waals surface area contributed by atoms with Crippen LogP contribution in [0.4, 0.5) is 0 Å². The first kappa shape index (κ1) is 24.7. The van der Waals surface area contributed by atoms with Crippen molar-refractivity contribution in [3.8, 4) is 0 Å². The van der Waals surface area contributed by atoms with Gasteiger partial charge in [0, 0.05) is 0 Å². The van der Waals surface area contributed by atoms with Crippen molar-refractivity contribution in [3.63, 3.8) is 0 Å². The van der Waals surface area contributed by atoms with E-state index in [1.54, 1.807) is 0 Å². The Morgan fingerprint density at radius 3 is 1.61 bits per heavy atom. The van der Waals surface area contributed by atoms with Crippen molar-refractivity contribution in [2.24, 2.45) is 0 Å². The van der Waals surface area contributed by atoms with Crippen LogP contribution in [0.25, 0.3) is 0 Å². The van der Waals surface area contributed by atoms with E-state index in [0.717, 1.165) is 6.16 Å². The third kappa shape index (κ3) is 6.30. The van der Waals surface area contributed by atoms with Crippen LogP contribution in [0.3, 0.4) is 0 Å². The topological polar surface area (TPSA) is 63.6 Å². The molecule has 0 heterocycles. The molecule has 0 unspecified atom stereocenters. The van der Waals surface area contributed by atoms with Gasteiger partial charge in [-0.25, -0.2) is 0 Å². The molecule has 3 aromatic carbocycles. The fourth-order valence-electron chi connectivity index (χ4n) is 4.47. The molecule has 174 valence electrons. The van der Waals surface area contributed by atoms with E-state index >= 15 is 0 Å². The standard InChI is InChI=1S/C28H33O4P/c1-21-8-4-11-24(18-21)33(25-12-5-9-22(2)19-25,26-13-6-10-23(3)20-26)17-7-16-32-28(31)15-14-27(29)30/h4-6,8-13,18-20,33H,7,14-17H2,1-3H3,(H,29,30). The van der Waals surface area contributed by atoms with Crippen LogP contribution in [-0.4, -0.2) is 29.8 Å². The second kappa shape index (κ2) is 11.2. The molecule has 0 spiro atoms. The average Bonchev–Trinajstić information content (AvgIpc) is 2.78. The van der Waals surface area contributed by atoms with E-state index in [9.17, 15) is 9.59 Å². The van der Waals surface area contributed by atoms with E-state index in [-0.39, 0.29) is 19.4 Å². The van der Waals surface area contributed by atoms with Crippen molar-refractivity contribution >= 4 is 35.1 Å². The molecule has 0 aliphatic carbocycles. The minimum absolute atomic E-state index is 0.0917. The maximum atomic E-state index is 11.9. The van der Waals surface area contributed by atoms with Crippen LogP contribution < -0.4 is 15.9 Å². The van der Waals surface area contributed by atoms with Gasteiger partial charge in [0.05, 0.1) is 0 Å². The predicted octanol–water partition coefficient (Wildman–Crippen LogP) is 4.44. The summed E-state index contributed by atoms with van der Waals surface area (Å²) in [6.45, 7) is 6.66. The fourth-order valence-corrected chi connectivity index (χ4v) is 9.57. The van der Waals surface area contributed by atoms with E-state index in [1.165, 1.54) is 32.6 Å². The van der Waals surface area contributed by atoms with Crippen LogP contribution in [-0.2, 0) is 14.3 Å². The Labute approximate surface area is 197 Å². The SMILES string of the molecule is Cc1cccc([PH](CCCOC(=O)CCC(=O)O)(c2cccc(C)c2)c2cccc(C)c2)c1. The molecule has 0 aliphatic heterocycles. The molecule has 0 fully saturated rings. The van der Waals surface area contributed by atoms with E-state index in [2.05, 4.69) is 93.6 Å². The van der Waals surface area contributed by atoms with Gasteiger partial charge in [0.1, 0.15) is 0 Å². The molecule has 3 rings (SSSR count). The molecule has 4 nitrogen and oxygen atoms in total. The summed E-state index contributed by atoms with van der Waals surface area (Å²) in [7, 11) is -2.41. The van der Waals surface area contributed by atoms with Crippen LogP contribution in [0.1, 0.15) is 36.0 Å². The van der Waals surface area contributed by atoms with Gasteiger partial charge in [0.2, 0.25) is 0 Å². The number of ether oxygens (including phenoxy) is 1. The van der Waals surface area contributed by atoms with E-state index in [4.69, 9.17) is 9.84 Å². The number of carboxylic acid groups (broad SMARTS) is 1. The number of carboxylic acids is 1. The quantitative estimate of drug-likeness (QED) is 0.274. The molecule has 0 aliphatic rings. The Bertz CT molecular complexity index is 1010. The van der Waals surface area contributed by atoms with E-state index in [0.29, 0.717) is 6.42 Å². The van der Waals surface area contributed by atoms with Gasteiger partial charge in [-0.05, 0) is 0 Å². The van der Waals surface area contributed by atoms with Gasteiger partial charge in [-0.2, -0.15) is 0 Å². The van der Waals surface area contributed by atoms with Gasteiger partial charge in [-0.1, -0.05) is 0 Å². The van der Waals surface area contributed by atoms with Gasteiger partial charge in [0.25, 0.3) is 0 Å². The summed E-state index contributed by atoms with van der Waals surface area (Å²) >= 11 is 0. The molecule has 0 radical (unpaired) electrons. The third-order valence-electron chi connectivity index (χ3n) is 6.03. The summed E-state index contributed by atoms with van der Waals surface area (Å²) in [5.41, 5.74) is 3.68. The Morgan fingerprint density at radius 2 is 1.21 bits per heavy atom. The second-order valence-corrected chi connectivity index (χ2v) is 12.8. The number of aryl methyl sites for hydroxylation is 3. The zero-order valence-corrected chi connectivity index (χ0v) is 20.6. The minimum atomic E-state index is -2.41. The first-order valence-electron chi connectivity index (χ1n) is 11.4. The molecular weight excluding hydrogens is 431 g/mol. The van der Waals surface area contributed by atoms with Gasteiger partial charge in [0.15, 0.2) is 0 Å². The van der Waals surface area contributed by atoms with Crippen LogP contribution >= 0.6 is 7.26 Å². The van der Waals surface area contributed by atoms with Crippen LogP contribution in [0.15, 0.2) is 72.8 Å². The Morgan fingerprint density at radius 1 is 0.758 bits per heavy atom. The molecule has 1 N–H and O–H groups in total. The molecule has 0 saturated heterocycles. The number of benzene rings is 3. The Balaban J connectivity index is 2.00. The summed E-state index contributed by atoms with van der Waals surface area (Å²) in [4.78, 5) is 22.7. The number of carbonyl (C=O) groups excluding carboxylic acids is 1. The summed E-state index contributed by atoms with van der Waals surface area (Å²) in [5, 5.41) is 12.8. The number of hydrogen-bond donors (Lipinski definition) is 1. The summed E-state index contributed by atoms with van der Waals surface area (Å²) in [6.07, 6.45) is 1.30. The van der Waals surface area contributed by atoms with Crippen molar-refractivity contribution in [1.82, 2.24) is 0 Å². The monoisotopic (exact) mass is 464 g/mol. The van der Waals surface area contributed by atoms with Gasteiger partial charge in [-0.15, -0.1) is 0 Å². The zero-order valence-electron chi connectivity index (χ0n) is 19.6. The number of hydrogen-bond acceptors (Lipinski definition) is 3. The van der Waals surface area contributed by atoms with Crippen LogP contribution in [0.5, 0.6) is 0 Å². The first-order chi connectivity index (χ1) is 15.8. The Kier molecular flexibility index (Phi) is 8.41. The summed E-state index contributed by atoms with van der Waals surface area (Å²) in [5.74, 6) is -1.44. The molecule has 0 amide bonds. The normalized spacial score (nSPS) is 11.7. The molecule has 3 aromatic rings. The van der Waals surface area contributed by atoms with Crippen LogP contribution in [0.2, 0.25) is 0 Å². The molecule has 33 heavy (non-hydrogen) atoms. The average molecular weight is 465 g/mol. The van der Waals surface area contributed by atoms with Crippen molar-refractivity contribution in [1.29, 1.82) is 0 Å². The molecular formula is C28H33O4P. The van der Waals surface area contributed by atoms with Crippen molar-refractivity contribution in [2.45, 2.75) is 40.0 Å². The number of esters is 1. The summed E-state index contributed by atoms with van der Waals surface area (Å²) in [6, 6.07) is 26.4. The first-order valence-corrected chi connectivity index (χ1v) is 13.6. The van der Waals surface area contributed by atoms with Gasteiger partial charge >= 0.3 is 197 Å². The zero-order chi connectivity index (χ0) is 23.8. The maximum absolute atomic E-state index is 11.9. The van der Waals surface area contributed by atoms with Crippen molar-refractivity contribution in [2.75, 3.05) is 12.8 Å². The van der Waals surface area contributed by atoms with Crippen molar-refractivity contribution < 1.29 is 19.4 Å². The molecule has 0 saturated carbocycles. The van der Waals surface area contributed by atoms with Gasteiger partial charge < -0.3 is 0 Å². The predicted molar refractivity (Wildman–Crippen MR) is 138 cm³/mol. The molecule has 0 bridgehead atoms. The fraction of sp³-hybridized carbons (Fsp3) is 0.286. The second-order valence-electron chi connectivity index (χ2n) is 8.73. The summed E-state index contributed by atoms with van der Waals surface area (Å²) < 4.78 is 5.39. The van der Waals surface area contributed by atoms with E-state index in [1.807, 2.05) is 0 Å². The number of rotatable bonds is 10. The Hall–Kier alpha value is -2.97. The number of carbonyl (C=O) groups is 2. The molecule has 0 atom stereocenters. The molecule has 5 heteroatoms. The van der Waals surface area contributed by atoms with Gasteiger partial charge in [-0.3, -0.25) is 0 Å². The van der Waals surface area contributed by atoms with Crippen molar-refractivity contribution in [3.05, 3.63) is 89.5 Å².